The number of amides is 1. The SMILES string of the molecule is CCCCC(C)(Oc1cc(Cl)cc(Cl)c1)C(=O)NC(OCC)c1ccccc1Cl. The number of ether oxygens (including phenoxy) is 2. The third kappa shape index (κ3) is 6.78. The van der Waals surface area contributed by atoms with Gasteiger partial charge in [0.2, 0.25) is 0 Å². The average molecular weight is 459 g/mol. The zero-order chi connectivity index (χ0) is 21.4. The third-order valence-corrected chi connectivity index (χ3v) is 5.23. The van der Waals surface area contributed by atoms with Crippen LogP contribution in [-0.4, -0.2) is 18.1 Å². The van der Waals surface area contributed by atoms with Gasteiger partial charge in [-0.15, -0.1) is 0 Å². The Bertz CT molecular complexity index is 810. The molecule has 0 saturated heterocycles. The van der Waals surface area contributed by atoms with Crippen LogP contribution >= 0.6 is 34.8 Å². The van der Waals surface area contributed by atoms with E-state index in [1.54, 1.807) is 31.2 Å². The highest BCUT2D eigenvalue weighted by Gasteiger charge is 2.37. The van der Waals surface area contributed by atoms with Crippen LogP contribution in [0.1, 0.15) is 51.8 Å². The smallest absolute Gasteiger partial charge is 0.266 e. The fraction of sp³-hybridized carbons (Fsp3) is 0.409. The fourth-order valence-electron chi connectivity index (χ4n) is 2.91. The Balaban J connectivity index is 2.29. The Morgan fingerprint density at radius 3 is 2.34 bits per heavy atom. The van der Waals surface area contributed by atoms with E-state index in [1.807, 2.05) is 25.1 Å². The summed E-state index contributed by atoms with van der Waals surface area (Å²) in [7, 11) is 0. The summed E-state index contributed by atoms with van der Waals surface area (Å²) in [5.41, 5.74) is -0.450. The molecule has 0 aliphatic carbocycles. The highest BCUT2D eigenvalue weighted by Crippen LogP contribution is 2.31. The van der Waals surface area contributed by atoms with Crippen LogP contribution in [0.4, 0.5) is 0 Å². The standard InChI is InChI=1S/C22H26Cl3NO3/c1-4-6-11-22(3,29-17-13-15(23)12-16(24)14-17)21(27)26-20(28-5-2)18-9-7-8-10-19(18)25/h7-10,12-14,20H,4-6,11H2,1-3H3,(H,26,27). The van der Waals surface area contributed by atoms with Crippen LogP contribution in [0.25, 0.3) is 0 Å². The molecule has 0 aromatic heterocycles. The number of hydrogen-bond donors (Lipinski definition) is 1. The maximum absolute atomic E-state index is 13.3. The van der Waals surface area contributed by atoms with Gasteiger partial charge in [-0.25, -0.2) is 0 Å². The van der Waals surface area contributed by atoms with Crippen molar-refractivity contribution in [2.24, 2.45) is 0 Å². The fourth-order valence-corrected chi connectivity index (χ4v) is 3.65. The predicted molar refractivity (Wildman–Crippen MR) is 119 cm³/mol. The minimum Gasteiger partial charge on any atom is -0.478 e. The maximum Gasteiger partial charge on any atom is 0.266 e. The van der Waals surface area contributed by atoms with Crippen LogP contribution in [0, 0.1) is 0 Å². The molecule has 7 heteroatoms. The molecule has 0 saturated carbocycles. The molecular formula is C22H26Cl3NO3. The topological polar surface area (TPSA) is 47.6 Å². The monoisotopic (exact) mass is 457 g/mol. The molecule has 4 nitrogen and oxygen atoms in total. The van der Waals surface area contributed by atoms with Gasteiger partial charge in [0, 0.05) is 27.2 Å². The van der Waals surface area contributed by atoms with Gasteiger partial charge in [-0.1, -0.05) is 66.3 Å². The van der Waals surface area contributed by atoms with Crippen molar-refractivity contribution in [1.82, 2.24) is 5.32 Å². The van der Waals surface area contributed by atoms with Crippen LogP contribution in [0.15, 0.2) is 42.5 Å². The summed E-state index contributed by atoms with van der Waals surface area (Å²) in [5.74, 6) is 0.127. The lowest BCUT2D eigenvalue weighted by atomic mass is 9.97. The molecule has 2 aromatic carbocycles. The van der Waals surface area contributed by atoms with E-state index in [2.05, 4.69) is 12.2 Å². The van der Waals surface area contributed by atoms with Crippen LogP contribution in [0.3, 0.4) is 0 Å². The molecule has 1 amide bonds. The van der Waals surface area contributed by atoms with Crippen LogP contribution in [0.2, 0.25) is 15.1 Å². The van der Waals surface area contributed by atoms with E-state index in [0.29, 0.717) is 39.4 Å². The number of halogens is 3. The summed E-state index contributed by atoms with van der Waals surface area (Å²) in [5, 5.41) is 4.33. The zero-order valence-corrected chi connectivity index (χ0v) is 19.1. The molecule has 2 rings (SSSR count). The highest BCUT2D eigenvalue weighted by atomic mass is 35.5. The van der Waals surface area contributed by atoms with Gasteiger partial charge in [0.15, 0.2) is 11.8 Å². The average Bonchev–Trinajstić information content (AvgIpc) is 2.65. The van der Waals surface area contributed by atoms with E-state index in [4.69, 9.17) is 44.3 Å². The van der Waals surface area contributed by atoms with Gasteiger partial charge in [-0.2, -0.15) is 0 Å². The first kappa shape index (κ1) is 23.8. The molecular weight excluding hydrogens is 433 g/mol. The van der Waals surface area contributed by atoms with Crippen molar-refractivity contribution in [3.8, 4) is 5.75 Å². The molecule has 0 aliphatic rings. The van der Waals surface area contributed by atoms with Crippen molar-refractivity contribution in [3.63, 3.8) is 0 Å². The van der Waals surface area contributed by atoms with Gasteiger partial charge >= 0.3 is 0 Å². The van der Waals surface area contributed by atoms with Crippen molar-refractivity contribution < 1.29 is 14.3 Å². The summed E-state index contributed by atoms with van der Waals surface area (Å²) >= 11 is 18.5. The molecule has 2 atom stereocenters. The van der Waals surface area contributed by atoms with Crippen LogP contribution in [-0.2, 0) is 9.53 Å². The third-order valence-electron chi connectivity index (χ3n) is 4.45. The number of carbonyl (C=O) groups excluding carboxylic acids is 1. The molecule has 1 N–H and O–H groups in total. The number of unbranched alkanes of at least 4 members (excludes halogenated alkanes) is 1. The first-order valence-electron chi connectivity index (χ1n) is 9.61. The lowest BCUT2D eigenvalue weighted by Crippen LogP contribution is -2.50. The predicted octanol–water partition coefficient (Wildman–Crippen LogP) is 6.83. The minimum absolute atomic E-state index is 0.305. The largest absolute Gasteiger partial charge is 0.478 e. The Hall–Kier alpha value is -1.46. The molecule has 0 heterocycles. The number of rotatable bonds is 10. The van der Waals surface area contributed by atoms with Gasteiger partial charge in [-0.3, -0.25) is 4.79 Å². The zero-order valence-electron chi connectivity index (χ0n) is 16.8. The molecule has 0 bridgehead atoms. The summed E-state index contributed by atoms with van der Waals surface area (Å²) in [6.07, 6.45) is 1.56. The Morgan fingerprint density at radius 1 is 1.10 bits per heavy atom. The van der Waals surface area contributed by atoms with Crippen molar-refractivity contribution in [3.05, 3.63) is 63.1 Å². The van der Waals surface area contributed by atoms with Crippen molar-refractivity contribution >= 4 is 40.7 Å². The van der Waals surface area contributed by atoms with Crippen LogP contribution in [0.5, 0.6) is 5.75 Å². The van der Waals surface area contributed by atoms with E-state index in [1.165, 1.54) is 0 Å². The quantitative estimate of drug-likeness (QED) is 0.397. The van der Waals surface area contributed by atoms with Gasteiger partial charge in [-0.05, 0) is 51.0 Å². The van der Waals surface area contributed by atoms with E-state index >= 15 is 0 Å². The molecule has 2 unspecified atom stereocenters. The molecule has 0 fully saturated rings. The van der Waals surface area contributed by atoms with Gasteiger partial charge in [0.05, 0.1) is 0 Å². The first-order valence-corrected chi connectivity index (χ1v) is 10.7. The maximum atomic E-state index is 13.3. The van der Waals surface area contributed by atoms with E-state index in [9.17, 15) is 4.79 Å². The van der Waals surface area contributed by atoms with Crippen molar-refractivity contribution in [2.45, 2.75) is 51.9 Å². The second kappa shape index (κ2) is 11.1. The Labute approximate surface area is 187 Å². The summed E-state index contributed by atoms with van der Waals surface area (Å²) in [4.78, 5) is 13.3. The van der Waals surface area contributed by atoms with Crippen molar-refractivity contribution in [2.75, 3.05) is 6.61 Å². The molecule has 0 aliphatic heterocycles. The number of carbonyl (C=O) groups is 1. The molecule has 0 radical (unpaired) electrons. The minimum atomic E-state index is -1.14. The molecule has 0 spiro atoms. The lowest BCUT2D eigenvalue weighted by molar-refractivity contribution is -0.141. The van der Waals surface area contributed by atoms with Gasteiger partial charge in [0.25, 0.3) is 5.91 Å². The molecule has 29 heavy (non-hydrogen) atoms. The number of hydrogen-bond acceptors (Lipinski definition) is 3. The van der Waals surface area contributed by atoms with Crippen LogP contribution < -0.4 is 10.1 Å². The van der Waals surface area contributed by atoms with E-state index in [-0.39, 0.29) is 5.91 Å². The number of benzene rings is 2. The highest BCUT2D eigenvalue weighted by molar-refractivity contribution is 6.34. The Morgan fingerprint density at radius 2 is 1.76 bits per heavy atom. The second-order valence-corrected chi connectivity index (χ2v) is 8.15. The second-order valence-electron chi connectivity index (χ2n) is 6.87. The van der Waals surface area contributed by atoms with Gasteiger partial charge < -0.3 is 14.8 Å². The van der Waals surface area contributed by atoms with Gasteiger partial charge in [0.1, 0.15) is 5.75 Å². The Kier molecular flexibility index (Phi) is 9.09. The first-order chi connectivity index (χ1) is 13.8. The lowest BCUT2D eigenvalue weighted by Gasteiger charge is -2.32. The van der Waals surface area contributed by atoms with Crippen molar-refractivity contribution in [1.29, 1.82) is 0 Å². The van der Waals surface area contributed by atoms with E-state index < -0.39 is 11.8 Å². The van der Waals surface area contributed by atoms with E-state index in [0.717, 1.165) is 12.8 Å². The number of nitrogens with one attached hydrogen (secondary N) is 1. The molecule has 158 valence electrons. The molecule has 2 aromatic rings. The normalized spacial score (nSPS) is 14.1. The summed E-state index contributed by atoms with van der Waals surface area (Å²) in [6.45, 7) is 6.08. The summed E-state index contributed by atoms with van der Waals surface area (Å²) < 4.78 is 11.9. The summed E-state index contributed by atoms with van der Waals surface area (Å²) in [6, 6.07) is 12.1.